The van der Waals surface area contributed by atoms with Crippen LogP contribution in [-0.2, 0) is 31.0 Å². The summed E-state index contributed by atoms with van der Waals surface area (Å²) >= 11 is 6.60. The Hall–Kier alpha value is -14.4. The fourth-order valence-electron chi connectivity index (χ4n) is 17.0. The number of rotatable bonds is 22. The van der Waals surface area contributed by atoms with Crippen molar-refractivity contribution in [3.8, 4) is 23.0 Å². The Bertz CT molecular complexity index is 6080. The van der Waals surface area contributed by atoms with Gasteiger partial charge in [0.05, 0.1) is 106 Å². The highest BCUT2D eigenvalue weighted by molar-refractivity contribution is 6.34. The molecule has 0 spiro atoms. The quantitative estimate of drug-likeness (QED) is 0.0568. The molecule has 3 fully saturated rings. The number of benzene rings is 7. The number of para-hydroxylation sites is 3. The average molecular weight is 1790 g/mol. The largest absolute Gasteiger partial charge is 0.497 e. The van der Waals surface area contributed by atoms with Gasteiger partial charge in [0.25, 0.3) is 0 Å². The van der Waals surface area contributed by atoms with Crippen molar-refractivity contribution in [1.82, 2.24) is 64.3 Å². The molecule has 34 heteroatoms. The van der Waals surface area contributed by atoms with E-state index in [1.165, 1.54) is 16.3 Å². The number of aryl methyl sites for hydroxylation is 5. The van der Waals surface area contributed by atoms with Gasteiger partial charge in [-0.1, -0.05) is 60.1 Å². The van der Waals surface area contributed by atoms with Gasteiger partial charge in [0.2, 0.25) is 23.8 Å². The number of nitrogens with zero attached hydrogens (tertiary/aromatic N) is 22. The fraction of sp³-hybridized carbons (Fsp3) is 0.320. The molecule has 0 unspecified atom stereocenters. The Labute approximate surface area is 768 Å². The smallest absolute Gasteiger partial charge is 0.336 e. The van der Waals surface area contributed by atoms with E-state index in [9.17, 15) is 19.2 Å². The number of urea groups is 3. The SMILES string of the molecule is COc1cc(N2CCN(C(C)=O)CC2)ccc1N1C(=O)N(c2c(C)cccc2C)Cc2cnc(Nc3ccc(N4CCN(C)CC4)cc3)nc21.COc1ccc(N2C(=O)N(c3c(C)cccc3C)Cc3cnc(Nc4ccc(N5CCN(C)CC5)cc4)nc32)nc1.COc1ccc(N2C(=O)N(c3c(C)cccc3Cl)Cc3cnc(Nc4cnn(CCN(C)C)c4)nc32)c(OC)c1. The molecule has 7 amide bonds. The van der Waals surface area contributed by atoms with Crippen molar-refractivity contribution in [3.63, 3.8) is 0 Å². The van der Waals surface area contributed by atoms with E-state index in [1.54, 1.807) is 127 Å². The molecule has 0 saturated carbocycles. The van der Waals surface area contributed by atoms with Crippen LogP contribution in [0.4, 0.5) is 118 Å². The normalized spacial score (nSPS) is 15.3. The van der Waals surface area contributed by atoms with Gasteiger partial charge in [0.15, 0.2) is 17.5 Å². The van der Waals surface area contributed by atoms with Crippen LogP contribution >= 0.6 is 11.6 Å². The van der Waals surface area contributed by atoms with Gasteiger partial charge >= 0.3 is 18.1 Å². The number of ether oxygens (including phenoxy) is 4. The van der Waals surface area contributed by atoms with Crippen molar-refractivity contribution >= 4 is 139 Å². The van der Waals surface area contributed by atoms with E-state index in [1.807, 2.05) is 155 Å². The van der Waals surface area contributed by atoms with Gasteiger partial charge in [-0.3, -0.25) is 24.2 Å². The lowest BCUT2D eigenvalue weighted by atomic mass is 10.1. The van der Waals surface area contributed by atoms with E-state index < -0.39 is 0 Å². The molecule has 6 aliphatic rings. The van der Waals surface area contributed by atoms with E-state index in [0.29, 0.717) is 125 Å². The standard InChI is InChI=1S/C38H45N9O3.C31H34N8O2.C28H31ClN8O3/c1-26-7-6-8-27(2)35(26)46-25-29-24-39-37(40-30-9-11-31(12-10-30)44-17-15-42(4)16-18-44)41-36(29)47(38(46)49)33-14-13-32(23-34(33)50-5)45-21-19-43(20-22-45)28(3)48;1-21-6-5-7-22(2)28(21)38-20-23-18-33-30(34-24-8-10-25(11-9-24)37-16-14-36(3)15-17-37)35-29(23)39(31(38)40)27-13-12-26(41-4)19-32-27;1-18-7-6-8-22(29)25(18)36-16-19-14-30-27(32-20-15-31-35(17-20)12-11-34(2)3)33-26(19)37(28(36)38)23-10-9-21(39-4)13-24(23)40-5/h6-14,23-24H,15-22,25H2,1-5H3,(H,39,40,41);5-13,18-19H,14-17,20H2,1-4H3,(H,33,34,35);6-10,13-15,17H,11-12,16H2,1-5H3,(H,30,32,33). The van der Waals surface area contributed by atoms with E-state index in [2.05, 4.69) is 104 Å². The van der Waals surface area contributed by atoms with Gasteiger partial charge in [-0.2, -0.15) is 20.1 Å². The maximum atomic E-state index is 14.7. The zero-order valence-corrected chi connectivity index (χ0v) is 77.2. The van der Waals surface area contributed by atoms with Gasteiger partial charge in [0.1, 0.15) is 28.8 Å². The third kappa shape index (κ3) is 19.8. The minimum atomic E-state index is -0.326. The van der Waals surface area contributed by atoms with Gasteiger partial charge in [-0.25, -0.2) is 49.0 Å². The summed E-state index contributed by atoms with van der Waals surface area (Å²) in [6, 6.07) is 48.2. The van der Waals surface area contributed by atoms with Crippen molar-refractivity contribution in [2.75, 3.05) is 202 Å². The molecule has 0 atom stereocenters. The summed E-state index contributed by atoms with van der Waals surface area (Å²) in [7, 11) is 14.7. The number of methoxy groups -OCH3 is 4. The molecule has 11 heterocycles. The Morgan fingerprint density at radius 3 is 1.27 bits per heavy atom. The van der Waals surface area contributed by atoms with Crippen molar-refractivity contribution in [2.24, 2.45) is 0 Å². The number of aromatic nitrogens is 9. The number of carbonyl (C=O) groups is 4. The Balaban J connectivity index is 0.000000145. The summed E-state index contributed by atoms with van der Waals surface area (Å²) in [4.78, 5) is 113. The highest BCUT2D eigenvalue weighted by Gasteiger charge is 2.41. The first-order valence-electron chi connectivity index (χ1n) is 43.7. The maximum Gasteiger partial charge on any atom is 0.336 e. The van der Waals surface area contributed by atoms with Crippen LogP contribution in [0.25, 0.3) is 0 Å². The van der Waals surface area contributed by atoms with Crippen molar-refractivity contribution < 1.29 is 38.1 Å². The van der Waals surface area contributed by atoms with Gasteiger partial charge in [-0.05, 0) is 182 Å². The molecule has 3 saturated heterocycles. The van der Waals surface area contributed by atoms with Crippen LogP contribution in [-0.4, -0.2) is 230 Å². The van der Waals surface area contributed by atoms with Crippen LogP contribution in [0.1, 0.15) is 51.4 Å². The molecular formula is C97H110ClN25O8. The summed E-state index contributed by atoms with van der Waals surface area (Å²) in [6.45, 7) is 25.1. The Morgan fingerprint density at radius 1 is 0.427 bits per heavy atom. The molecule has 0 bridgehead atoms. The number of carbonyl (C=O) groups excluding carboxylic acids is 4. The minimum Gasteiger partial charge on any atom is -0.497 e. The number of nitrogens with one attached hydrogen (secondary N) is 3. The molecule has 7 aromatic carbocycles. The van der Waals surface area contributed by atoms with Crippen LogP contribution in [0, 0.1) is 34.6 Å². The minimum absolute atomic E-state index is 0.0896. The van der Waals surface area contributed by atoms with Gasteiger partial charge in [-0.15, -0.1) is 0 Å². The number of hydrogen-bond acceptors (Lipinski definition) is 25. The molecule has 678 valence electrons. The maximum absolute atomic E-state index is 14.7. The summed E-state index contributed by atoms with van der Waals surface area (Å²) in [5, 5.41) is 14.8. The summed E-state index contributed by atoms with van der Waals surface area (Å²) < 4.78 is 24.2. The van der Waals surface area contributed by atoms with Crippen LogP contribution in [0.3, 0.4) is 0 Å². The molecule has 5 aromatic heterocycles. The second-order valence-corrected chi connectivity index (χ2v) is 33.8. The second kappa shape index (κ2) is 39.7. The van der Waals surface area contributed by atoms with Crippen LogP contribution < -0.4 is 79.0 Å². The van der Waals surface area contributed by atoms with Crippen molar-refractivity contribution in [1.29, 1.82) is 0 Å². The monoisotopic (exact) mass is 1790 g/mol. The average Bonchev–Trinajstić information content (AvgIpc) is 0.838. The third-order valence-corrected chi connectivity index (χ3v) is 24.6. The molecule has 6 aliphatic heterocycles. The number of hydrogen-bond donors (Lipinski definition) is 3. The zero-order chi connectivity index (χ0) is 91.8. The summed E-state index contributed by atoms with van der Waals surface area (Å²) in [6.07, 6.45) is 10.5. The third-order valence-electron chi connectivity index (χ3n) is 24.2. The first-order chi connectivity index (χ1) is 63.4. The van der Waals surface area contributed by atoms with Crippen molar-refractivity contribution in [2.45, 2.75) is 67.7 Å². The first-order valence-corrected chi connectivity index (χ1v) is 44.0. The number of piperazine rings is 3. The fourth-order valence-corrected chi connectivity index (χ4v) is 17.4. The highest BCUT2D eigenvalue weighted by atomic mass is 35.5. The topological polar surface area (TPSA) is 291 Å². The number of anilines is 18. The van der Waals surface area contributed by atoms with Crippen LogP contribution in [0.5, 0.6) is 23.0 Å². The second-order valence-electron chi connectivity index (χ2n) is 33.4. The predicted octanol–water partition coefficient (Wildman–Crippen LogP) is 16.1. The predicted molar refractivity (Wildman–Crippen MR) is 516 cm³/mol. The molecule has 18 rings (SSSR count). The number of amides is 7. The molecule has 3 N–H and O–H groups in total. The molecule has 0 radical (unpaired) electrons. The lowest BCUT2D eigenvalue weighted by Gasteiger charge is -2.38. The van der Waals surface area contributed by atoms with Gasteiger partial charge < -0.3 is 69.2 Å². The summed E-state index contributed by atoms with van der Waals surface area (Å²) in [5.41, 5.74) is 16.6. The molecular weight excluding hydrogens is 1680 g/mol. The van der Waals surface area contributed by atoms with E-state index in [4.69, 9.17) is 50.5 Å². The van der Waals surface area contributed by atoms with Gasteiger partial charge in [0, 0.05) is 174 Å². The molecule has 33 nitrogen and oxygen atoms in total. The first kappa shape index (κ1) is 90.0. The van der Waals surface area contributed by atoms with E-state index in [-0.39, 0.29) is 30.5 Å². The number of fused-ring (bicyclic) bond motifs is 3. The van der Waals surface area contributed by atoms with Crippen LogP contribution in [0.15, 0.2) is 189 Å². The number of likely N-dealkylation sites (N-methyl/N-ethyl adjacent to an activating group) is 3. The Morgan fingerprint density at radius 2 is 0.832 bits per heavy atom. The van der Waals surface area contributed by atoms with E-state index >= 15 is 0 Å². The van der Waals surface area contributed by atoms with E-state index in [0.717, 1.165) is 144 Å². The molecule has 0 aliphatic carbocycles. The lowest BCUT2D eigenvalue weighted by Crippen LogP contribution is -2.48. The van der Waals surface area contributed by atoms with Crippen molar-refractivity contribution in [3.05, 3.63) is 238 Å². The number of halogens is 1. The summed E-state index contributed by atoms with van der Waals surface area (Å²) in [5.74, 6) is 5.32. The number of pyridine rings is 1. The Kier molecular flexibility index (Phi) is 27.2. The molecule has 131 heavy (non-hydrogen) atoms. The lowest BCUT2D eigenvalue weighted by molar-refractivity contribution is -0.129. The molecule has 12 aromatic rings. The zero-order valence-electron chi connectivity index (χ0n) is 76.4. The highest BCUT2D eigenvalue weighted by Crippen LogP contribution is 2.47. The van der Waals surface area contributed by atoms with Crippen LogP contribution in [0.2, 0.25) is 5.02 Å².